The Bertz CT molecular complexity index is 385. The Labute approximate surface area is 121 Å². The van der Waals surface area contributed by atoms with Crippen molar-refractivity contribution in [3.8, 4) is 0 Å². The van der Waals surface area contributed by atoms with Crippen LogP contribution in [0.5, 0.6) is 0 Å². The van der Waals surface area contributed by atoms with Gasteiger partial charge >= 0.3 is 6.09 Å². The number of aliphatic hydroxyl groups excluding tert-OH is 1. The number of allylic oxidation sites excluding steroid dienone is 1. The van der Waals surface area contributed by atoms with Gasteiger partial charge in [0, 0.05) is 18.5 Å². The van der Waals surface area contributed by atoms with E-state index < -0.39 is 5.60 Å². The molecule has 1 N–H and O–H groups in total. The highest BCUT2D eigenvalue weighted by Crippen LogP contribution is 2.48. The lowest BCUT2D eigenvalue weighted by Gasteiger charge is -2.41. The highest BCUT2D eigenvalue weighted by Gasteiger charge is 2.43. The predicted octanol–water partition coefficient (Wildman–Crippen LogP) is 3.88. The zero-order valence-electron chi connectivity index (χ0n) is 12.9. The predicted molar refractivity (Wildman–Crippen MR) is 78.6 cm³/mol. The van der Waals surface area contributed by atoms with E-state index in [4.69, 9.17) is 4.74 Å². The van der Waals surface area contributed by atoms with Crippen molar-refractivity contribution in [2.45, 2.75) is 58.5 Å². The average molecular weight is 281 g/mol. The van der Waals surface area contributed by atoms with Crippen molar-refractivity contribution in [1.29, 1.82) is 0 Å². The number of nitrogens with zero attached hydrogens (tertiary/aromatic N) is 1. The number of piperidine rings is 1. The monoisotopic (exact) mass is 281 g/mol. The van der Waals surface area contributed by atoms with E-state index in [1.54, 1.807) is 4.90 Å². The third-order valence-electron chi connectivity index (χ3n) is 4.36. The molecule has 2 fully saturated rings. The van der Waals surface area contributed by atoms with Crippen molar-refractivity contribution in [2.75, 3.05) is 13.1 Å². The van der Waals surface area contributed by atoms with Gasteiger partial charge in [0.2, 0.25) is 0 Å². The summed E-state index contributed by atoms with van der Waals surface area (Å²) in [6, 6.07) is 0. The average Bonchev–Trinajstić information content (AvgIpc) is 3.11. The molecule has 0 unspecified atom stereocenters. The molecule has 0 aromatic rings. The number of likely N-dealkylation sites (tertiary alicyclic amines) is 1. The van der Waals surface area contributed by atoms with Crippen LogP contribution in [-0.2, 0) is 4.74 Å². The van der Waals surface area contributed by atoms with E-state index in [-0.39, 0.29) is 11.5 Å². The molecule has 0 spiro atoms. The van der Waals surface area contributed by atoms with Crippen LogP contribution in [0.15, 0.2) is 12.3 Å². The number of amides is 1. The Morgan fingerprint density at radius 2 is 1.90 bits per heavy atom. The lowest BCUT2D eigenvalue weighted by atomic mass is 9.73. The largest absolute Gasteiger partial charge is 0.512 e. The van der Waals surface area contributed by atoms with Crippen LogP contribution in [0.3, 0.4) is 0 Å². The van der Waals surface area contributed by atoms with Gasteiger partial charge in [-0.15, -0.1) is 0 Å². The number of aliphatic hydroxyl groups is 1. The minimum Gasteiger partial charge on any atom is -0.512 e. The Hall–Kier alpha value is -1.19. The summed E-state index contributed by atoms with van der Waals surface area (Å²) in [5.41, 5.74) is -0.639. The molecule has 2 aliphatic rings. The molecule has 4 nitrogen and oxygen atoms in total. The van der Waals surface area contributed by atoms with E-state index in [9.17, 15) is 9.90 Å². The van der Waals surface area contributed by atoms with Gasteiger partial charge in [-0.05, 0) is 46.0 Å². The molecular formula is C16H27NO3. The van der Waals surface area contributed by atoms with Gasteiger partial charge in [0.1, 0.15) is 5.60 Å². The molecule has 4 heteroatoms. The summed E-state index contributed by atoms with van der Waals surface area (Å²) in [6.45, 7) is 10.7. The van der Waals surface area contributed by atoms with Crippen LogP contribution in [-0.4, -0.2) is 34.8 Å². The first-order valence-electron chi connectivity index (χ1n) is 7.58. The summed E-state index contributed by atoms with van der Waals surface area (Å²) in [5, 5.41) is 9.99. The van der Waals surface area contributed by atoms with Crippen LogP contribution in [0.4, 0.5) is 4.79 Å². The van der Waals surface area contributed by atoms with Crippen molar-refractivity contribution < 1.29 is 14.6 Å². The molecular weight excluding hydrogens is 254 g/mol. The molecule has 0 radical (unpaired) electrons. The van der Waals surface area contributed by atoms with Crippen molar-refractivity contribution in [1.82, 2.24) is 4.90 Å². The van der Waals surface area contributed by atoms with Crippen LogP contribution < -0.4 is 0 Å². The topological polar surface area (TPSA) is 49.8 Å². The van der Waals surface area contributed by atoms with Crippen LogP contribution in [0.25, 0.3) is 0 Å². The van der Waals surface area contributed by atoms with E-state index in [1.807, 2.05) is 20.8 Å². The summed E-state index contributed by atoms with van der Waals surface area (Å²) < 4.78 is 5.40. The van der Waals surface area contributed by atoms with Gasteiger partial charge in [-0.25, -0.2) is 4.79 Å². The number of carbonyl (C=O) groups is 1. The molecule has 1 saturated heterocycles. The summed E-state index contributed by atoms with van der Waals surface area (Å²) in [4.78, 5) is 13.8. The smallest absolute Gasteiger partial charge is 0.410 e. The molecule has 1 heterocycles. The second-order valence-electron chi connectivity index (χ2n) is 7.34. The molecule has 0 atom stereocenters. The third kappa shape index (κ3) is 3.68. The molecule has 0 bridgehead atoms. The first-order valence-corrected chi connectivity index (χ1v) is 7.58. The Kier molecular flexibility index (Phi) is 4.03. The number of carbonyl (C=O) groups excluding carboxylic acids is 1. The molecule has 20 heavy (non-hydrogen) atoms. The van der Waals surface area contributed by atoms with Crippen LogP contribution in [0.1, 0.15) is 52.9 Å². The Morgan fingerprint density at radius 1 is 1.35 bits per heavy atom. The van der Waals surface area contributed by atoms with Gasteiger partial charge < -0.3 is 14.7 Å². The number of rotatable bonds is 3. The summed E-state index contributed by atoms with van der Waals surface area (Å²) in [6.07, 6.45) is 4.89. The Balaban J connectivity index is 1.92. The van der Waals surface area contributed by atoms with E-state index in [1.165, 1.54) is 12.8 Å². The van der Waals surface area contributed by atoms with Gasteiger partial charge in [0.25, 0.3) is 0 Å². The van der Waals surface area contributed by atoms with Gasteiger partial charge in [-0.3, -0.25) is 0 Å². The summed E-state index contributed by atoms with van der Waals surface area (Å²) in [7, 11) is 0. The van der Waals surface area contributed by atoms with Crippen molar-refractivity contribution in [2.24, 2.45) is 11.3 Å². The minimum absolute atomic E-state index is 0.181. The van der Waals surface area contributed by atoms with Crippen molar-refractivity contribution >= 4 is 6.09 Å². The van der Waals surface area contributed by atoms with Crippen LogP contribution in [0, 0.1) is 11.3 Å². The molecule has 114 valence electrons. The van der Waals surface area contributed by atoms with E-state index in [0.29, 0.717) is 18.8 Å². The lowest BCUT2D eigenvalue weighted by molar-refractivity contribution is 0.00776. The standard InChI is InChI=1S/C16H27NO3/c1-12(18)16(11-13-5-6-13)7-9-17(10-8-16)14(19)20-15(2,3)4/h13,18H,1,5-11H2,2-4H3. The summed E-state index contributed by atoms with van der Waals surface area (Å²) in [5.74, 6) is 1.04. The quantitative estimate of drug-likeness (QED) is 0.799. The van der Waals surface area contributed by atoms with Gasteiger partial charge in [-0.1, -0.05) is 19.4 Å². The molecule has 1 aliphatic carbocycles. The highest BCUT2D eigenvalue weighted by atomic mass is 16.6. The maximum absolute atomic E-state index is 12.0. The van der Waals surface area contributed by atoms with Crippen LogP contribution in [0.2, 0.25) is 0 Å². The maximum atomic E-state index is 12.0. The fourth-order valence-electron chi connectivity index (χ4n) is 2.93. The van der Waals surface area contributed by atoms with Gasteiger partial charge in [-0.2, -0.15) is 0 Å². The SMILES string of the molecule is C=C(O)C1(CC2CC2)CCN(C(=O)OC(C)(C)C)CC1. The first kappa shape index (κ1) is 15.2. The van der Waals surface area contributed by atoms with E-state index in [0.717, 1.165) is 25.2 Å². The lowest BCUT2D eigenvalue weighted by Crippen LogP contribution is -2.46. The molecule has 1 saturated carbocycles. The summed E-state index contributed by atoms with van der Waals surface area (Å²) >= 11 is 0. The van der Waals surface area contributed by atoms with Gasteiger partial charge in [0.05, 0.1) is 5.76 Å². The first-order chi connectivity index (χ1) is 9.22. The zero-order chi connectivity index (χ0) is 15.0. The zero-order valence-corrected chi connectivity index (χ0v) is 12.9. The maximum Gasteiger partial charge on any atom is 0.410 e. The molecule has 1 amide bonds. The number of hydrogen-bond donors (Lipinski definition) is 1. The number of hydrogen-bond acceptors (Lipinski definition) is 3. The molecule has 1 aliphatic heterocycles. The second-order valence-corrected chi connectivity index (χ2v) is 7.34. The van der Waals surface area contributed by atoms with Gasteiger partial charge in [0.15, 0.2) is 0 Å². The number of ether oxygens (including phenoxy) is 1. The fourth-order valence-corrected chi connectivity index (χ4v) is 2.93. The highest BCUT2D eigenvalue weighted by molar-refractivity contribution is 5.68. The molecule has 0 aromatic carbocycles. The molecule has 2 rings (SSSR count). The van der Waals surface area contributed by atoms with Crippen molar-refractivity contribution in [3.05, 3.63) is 12.3 Å². The minimum atomic E-state index is -0.458. The normalized spacial score (nSPS) is 22.4. The second kappa shape index (κ2) is 5.30. The molecule has 0 aromatic heterocycles. The van der Waals surface area contributed by atoms with E-state index >= 15 is 0 Å². The Morgan fingerprint density at radius 3 is 2.30 bits per heavy atom. The third-order valence-corrected chi connectivity index (χ3v) is 4.36. The van der Waals surface area contributed by atoms with Crippen LogP contribution >= 0.6 is 0 Å². The fraction of sp³-hybridized carbons (Fsp3) is 0.812. The van der Waals surface area contributed by atoms with E-state index in [2.05, 4.69) is 6.58 Å². The van der Waals surface area contributed by atoms with Crippen molar-refractivity contribution in [3.63, 3.8) is 0 Å².